The molecule has 0 bridgehead atoms. The second kappa shape index (κ2) is 7.95. The predicted molar refractivity (Wildman–Crippen MR) is 117 cm³/mol. The molecule has 1 aromatic heterocycles. The van der Waals surface area contributed by atoms with Crippen LogP contribution in [0.5, 0.6) is 0 Å². The van der Waals surface area contributed by atoms with Crippen LogP contribution in [0.15, 0.2) is 30.3 Å². The molecule has 2 aromatic carbocycles. The molecule has 1 fully saturated rings. The molecular formula is C23H28FN5. The number of nitrogens with one attached hydrogen (secondary N) is 2. The van der Waals surface area contributed by atoms with Crippen LogP contribution < -0.4 is 15.5 Å². The Bertz CT molecular complexity index is 1040. The lowest BCUT2D eigenvalue weighted by Gasteiger charge is -2.30. The molecule has 0 unspecified atom stereocenters. The molecule has 1 atom stereocenters. The van der Waals surface area contributed by atoms with Crippen molar-refractivity contribution < 1.29 is 4.39 Å². The van der Waals surface area contributed by atoms with Gasteiger partial charge in [-0.25, -0.2) is 4.39 Å². The van der Waals surface area contributed by atoms with E-state index in [1.165, 1.54) is 16.7 Å². The molecule has 2 N–H and O–H groups in total. The average molecular weight is 394 g/mol. The van der Waals surface area contributed by atoms with Crippen molar-refractivity contribution in [3.8, 4) is 0 Å². The third-order valence-electron chi connectivity index (χ3n) is 5.96. The second-order valence-corrected chi connectivity index (χ2v) is 7.88. The summed E-state index contributed by atoms with van der Waals surface area (Å²) < 4.78 is 14.9. The van der Waals surface area contributed by atoms with Gasteiger partial charge >= 0.3 is 0 Å². The molecule has 29 heavy (non-hydrogen) atoms. The van der Waals surface area contributed by atoms with Crippen LogP contribution in [0.3, 0.4) is 0 Å². The third kappa shape index (κ3) is 3.77. The summed E-state index contributed by atoms with van der Waals surface area (Å²) in [5.74, 6) is 0.486. The number of piperazine rings is 1. The van der Waals surface area contributed by atoms with Gasteiger partial charge in [-0.15, -0.1) is 5.10 Å². The summed E-state index contributed by atoms with van der Waals surface area (Å²) in [6, 6.07) is 9.92. The van der Waals surface area contributed by atoms with Crippen LogP contribution in [-0.4, -0.2) is 36.4 Å². The summed E-state index contributed by atoms with van der Waals surface area (Å²) in [4.78, 5) is 2.10. The van der Waals surface area contributed by atoms with Crippen LogP contribution in [0.2, 0.25) is 0 Å². The Hall–Kier alpha value is -2.73. The Morgan fingerprint density at radius 2 is 1.83 bits per heavy atom. The lowest BCUT2D eigenvalue weighted by atomic mass is 9.98. The van der Waals surface area contributed by atoms with Gasteiger partial charge in [0.15, 0.2) is 5.82 Å². The Labute approximate surface area is 171 Å². The number of anilines is 2. The maximum Gasteiger partial charge on any atom is 0.157 e. The zero-order valence-corrected chi connectivity index (χ0v) is 17.5. The van der Waals surface area contributed by atoms with E-state index in [0.717, 1.165) is 42.6 Å². The van der Waals surface area contributed by atoms with E-state index in [9.17, 15) is 4.39 Å². The van der Waals surface area contributed by atoms with E-state index in [1.54, 1.807) is 6.07 Å². The molecule has 1 aliphatic heterocycles. The van der Waals surface area contributed by atoms with E-state index < -0.39 is 0 Å². The zero-order chi connectivity index (χ0) is 20.5. The smallest absolute Gasteiger partial charge is 0.157 e. The Morgan fingerprint density at radius 3 is 2.59 bits per heavy atom. The molecular weight excluding hydrogens is 365 g/mol. The van der Waals surface area contributed by atoms with Crippen molar-refractivity contribution in [2.24, 2.45) is 0 Å². The van der Waals surface area contributed by atoms with Gasteiger partial charge in [0.1, 0.15) is 5.82 Å². The van der Waals surface area contributed by atoms with E-state index in [0.29, 0.717) is 11.5 Å². The third-order valence-corrected chi connectivity index (χ3v) is 5.96. The number of aromatic nitrogens is 2. The monoisotopic (exact) mass is 393 g/mol. The SMILES string of the molecule is Cc1cccc([C@@H](C)Nc2nnc(C)c3cc(F)c(N4CCNCC4)cc23)c1C. The van der Waals surface area contributed by atoms with E-state index in [2.05, 4.69) is 64.7 Å². The van der Waals surface area contributed by atoms with E-state index in [-0.39, 0.29) is 11.9 Å². The molecule has 0 aliphatic carbocycles. The molecule has 2 heterocycles. The molecule has 1 saturated heterocycles. The Kier molecular flexibility index (Phi) is 5.37. The summed E-state index contributed by atoms with van der Waals surface area (Å²) in [6.45, 7) is 11.6. The summed E-state index contributed by atoms with van der Waals surface area (Å²) in [7, 11) is 0. The highest BCUT2D eigenvalue weighted by Gasteiger charge is 2.19. The van der Waals surface area contributed by atoms with Gasteiger partial charge in [0.05, 0.1) is 17.4 Å². The first-order valence-electron chi connectivity index (χ1n) is 10.2. The number of fused-ring (bicyclic) bond motifs is 1. The van der Waals surface area contributed by atoms with Gasteiger partial charge < -0.3 is 15.5 Å². The van der Waals surface area contributed by atoms with Crippen LogP contribution >= 0.6 is 0 Å². The fraction of sp³-hybridized carbons (Fsp3) is 0.391. The maximum atomic E-state index is 14.9. The number of benzene rings is 2. The molecule has 6 heteroatoms. The highest BCUT2D eigenvalue weighted by molar-refractivity contribution is 5.95. The molecule has 1 aliphatic rings. The number of aryl methyl sites for hydroxylation is 2. The van der Waals surface area contributed by atoms with Crippen LogP contribution in [-0.2, 0) is 0 Å². The van der Waals surface area contributed by atoms with Crippen molar-refractivity contribution in [2.45, 2.75) is 33.7 Å². The fourth-order valence-electron chi connectivity index (χ4n) is 4.07. The van der Waals surface area contributed by atoms with E-state index in [4.69, 9.17) is 0 Å². The summed E-state index contributed by atoms with van der Waals surface area (Å²) >= 11 is 0. The highest BCUT2D eigenvalue weighted by Crippen LogP contribution is 2.33. The first-order valence-corrected chi connectivity index (χ1v) is 10.2. The molecule has 5 nitrogen and oxygen atoms in total. The standard InChI is InChI=1S/C23H28FN5/c1-14-6-5-7-18(15(14)2)16(3)26-23-20-13-22(29-10-8-25-9-11-29)21(24)12-19(20)17(4)27-28-23/h5-7,12-13,16,25H,8-11H2,1-4H3,(H,26,28)/t16-/m1/s1. The van der Waals surface area contributed by atoms with Crippen molar-refractivity contribution in [1.29, 1.82) is 0 Å². The van der Waals surface area contributed by atoms with Gasteiger partial charge in [0, 0.05) is 37.0 Å². The molecule has 4 rings (SSSR count). The Balaban J connectivity index is 1.75. The van der Waals surface area contributed by atoms with Gasteiger partial charge in [-0.3, -0.25) is 0 Å². The second-order valence-electron chi connectivity index (χ2n) is 7.88. The molecule has 0 amide bonds. The first kappa shape index (κ1) is 19.6. The molecule has 0 radical (unpaired) electrons. The molecule has 3 aromatic rings. The minimum atomic E-state index is -0.205. The number of rotatable bonds is 4. The molecule has 0 spiro atoms. The summed E-state index contributed by atoms with van der Waals surface area (Å²) in [5, 5.41) is 17.2. The lowest BCUT2D eigenvalue weighted by molar-refractivity contribution is 0.567. The van der Waals surface area contributed by atoms with Crippen molar-refractivity contribution in [3.63, 3.8) is 0 Å². The quantitative estimate of drug-likeness (QED) is 0.693. The van der Waals surface area contributed by atoms with Crippen molar-refractivity contribution in [1.82, 2.24) is 15.5 Å². The fourth-order valence-corrected chi connectivity index (χ4v) is 4.07. The van der Waals surface area contributed by atoms with Crippen LogP contribution in [0.4, 0.5) is 15.9 Å². The normalized spacial score (nSPS) is 15.6. The summed E-state index contributed by atoms with van der Waals surface area (Å²) in [6.07, 6.45) is 0. The van der Waals surface area contributed by atoms with E-state index in [1.807, 2.05) is 13.0 Å². The predicted octanol–water partition coefficient (Wildman–Crippen LogP) is 4.28. The highest BCUT2D eigenvalue weighted by atomic mass is 19.1. The Morgan fingerprint density at radius 1 is 1.07 bits per heavy atom. The van der Waals surface area contributed by atoms with Crippen molar-refractivity contribution in [2.75, 3.05) is 36.4 Å². The van der Waals surface area contributed by atoms with E-state index >= 15 is 0 Å². The number of hydrogen-bond acceptors (Lipinski definition) is 5. The van der Waals surface area contributed by atoms with Gasteiger partial charge in [-0.1, -0.05) is 18.2 Å². The first-order chi connectivity index (χ1) is 14.0. The summed E-state index contributed by atoms with van der Waals surface area (Å²) in [5.41, 5.74) is 5.12. The lowest BCUT2D eigenvalue weighted by Crippen LogP contribution is -2.43. The number of halogens is 1. The van der Waals surface area contributed by atoms with Crippen LogP contribution in [0, 0.1) is 26.6 Å². The average Bonchev–Trinajstić information content (AvgIpc) is 2.72. The van der Waals surface area contributed by atoms with Gasteiger partial charge in [-0.05, 0) is 56.5 Å². The van der Waals surface area contributed by atoms with Crippen LogP contribution in [0.1, 0.15) is 35.3 Å². The van der Waals surface area contributed by atoms with Crippen molar-refractivity contribution >= 4 is 22.3 Å². The number of hydrogen-bond donors (Lipinski definition) is 2. The molecule has 0 saturated carbocycles. The van der Waals surface area contributed by atoms with Gasteiger partial charge in [-0.2, -0.15) is 5.10 Å². The van der Waals surface area contributed by atoms with Gasteiger partial charge in [0.2, 0.25) is 0 Å². The van der Waals surface area contributed by atoms with Crippen molar-refractivity contribution in [3.05, 3.63) is 58.5 Å². The minimum Gasteiger partial charge on any atom is -0.367 e. The topological polar surface area (TPSA) is 53.1 Å². The van der Waals surface area contributed by atoms with Gasteiger partial charge in [0.25, 0.3) is 0 Å². The largest absolute Gasteiger partial charge is 0.367 e. The molecule has 152 valence electrons. The number of nitrogens with zero attached hydrogens (tertiary/aromatic N) is 3. The van der Waals surface area contributed by atoms with Crippen LogP contribution in [0.25, 0.3) is 10.8 Å². The minimum absolute atomic E-state index is 0.0581. The zero-order valence-electron chi connectivity index (χ0n) is 17.5. The maximum absolute atomic E-state index is 14.9.